The summed E-state index contributed by atoms with van der Waals surface area (Å²) in [6.45, 7) is 4.93. The topological polar surface area (TPSA) is 121 Å². The number of likely N-dealkylation sites (tertiary alicyclic amines) is 1. The van der Waals surface area contributed by atoms with E-state index in [9.17, 15) is 9.18 Å². The predicted octanol–water partition coefficient (Wildman–Crippen LogP) is 3.22. The molecule has 2 unspecified atom stereocenters. The van der Waals surface area contributed by atoms with Gasteiger partial charge in [-0.15, -0.1) is 5.10 Å². The van der Waals surface area contributed by atoms with Gasteiger partial charge in [-0.05, 0) is 55.8 Å². The molecular formula is C28H28FN7O3. The van der Waals surface area contributed by atoms with Gasteiger partial charge >= 0.3 is 0 Å². The van der Waals surface area contributed by atoms with E-state index in [0.29, 0.717) is 36.2 Å². The number of ether oxygens (including phenoxy) is 2. The van der Waals surface area contributed by atoms with Crippen LogP contribution in [-0.4, -0.2) is 61.8 Å². The summed E-state index contributed by atoms with van der Waals surface area (Å²) in [7, 11) is 1.48. The van der Waals surface area contributed by atoms with E-state index in [1.165, 1.54) is 23.9 Å². The van der Waals surface area contributed by atoms with Crippen LogP contribution in [0.3, 0.4) is 0 Å². The number of amides is 1. The lowest BCUT2D eigenvalue weighted by molar-refractivity contribution is 0.0748. The van der Waals surface area contributed by atoms with Gasteiger partial charge in [-0.1, -0.05) is 0 Å². The second-order valence-corrected chi connectivity index (χ2v) is 10.5. The maximum Gasteiger partial charge on any atom is 0.261 e. The Morgan fingerprint density at radius 2 is 1.79 bits per heavy atom. The van der Waals surface area contributed by atoms with E-state index in [1.54, 1.807) is 41.7 Å². The summed E-state index contributed by atoms with van der Waals surface area (Å²) in [5, 5.41) is 4.32. The van der Waals surface area contributed by atoms with Crippen molar-refractivity contribution < 1.29 is 18.7 Å². The van der Waals surface area contributed by atoms with Gasteiger partial charge in [0.25, 0.3) is 11.9 Å². The molecule has 3 aromatic heterocycles. The van der Waals surface area contributed by atoms with Crippen LogP contribution in [0.25, 0.3) is 17.2 Å². The summed E-state index contributed by atoms with van der Waals surface area (Å²) in [4.78, 5) is 28.2. The van der Waals surface area contributed by atoms with Crippen molar-refractivity contribution in [1.29, 1.82) is 0 Å². The zero-order valence-corrected chi connectivity index (χ0v) is 21.8. The maximum absolute atomic E-state index is 13.5. The first-order chi connectivity index (χ1) is 18.7. The van der Waals surface area contributed by atoms with Gasteiger partial charge in [0.2, 0.25) is 11.8 Å². The van der Waals surface area contributed by atoms with Gasteiger partial charge in [-0.25, -0.2) is 24.0 Å². The number of carbonyl (C=O) groups is 1. The molecule has 1 saturated heterocycles. The fourth-order valence-corrected chi connectivity index (χ4v) is 5.00. The molecule has 200 valence electrons. The van der Waals surface area contributed by atoms with E-state index >= 15 is 0 Å². The van der Waals surface area contributed by atoms with Crippen LogP contribution in [0.5, 0.6) is 11.8 Å². The van der Waals surface area contributed by atoms with Gasteiger partial charge in [0.15, 0.2) is 0 Å². The standard InChI is InChI=1S/C28H28FN7O3/c1-28(2,30)17-11-22(16-5-7-18(29)8-6-16)33-23(12-17)39-24-19-13-35(14-20(19)24)26(37)21-15-36(34-25(21)38-3)27-31-9-4-10-32-27/h4-12,15,19-20,24H,13-14,30H2,1-3H3. The summed E-state index contributed by atoms with van der Waals surface area (Å²) >= 11 is 0. The van der Waals surface area contributed by atoms with Crippen molar-refractivity contribution in [2.75, 3.05) is 20.2 Å². The molecule has 1 saturated carbocycles. The normalized spacial score (nSPS) is 20.0. The quantitative estimate of drug-likeness (QED) is 0.387. The molecule has 11 heteroatoms. The maximum atomic E-state index is 13.5. The third kappa shape index (κ3) is 4.81. The number of carbonyl (C=O) groups excluding carboxylic acids is 1. The monoisotopic (exact) mass is 529 g/mol. The first-order valence-corrected chi connectivity index (χ1v) is 12.7. The molecule has 0 radical (unpaired) electrons. The largest absolute Gasteiger partial charge is 0.479 e. The van der Waals surface area contributed by atoms with Crippen LogP contribution >= 0.6 is 0 Å². The highest BCUT2D eigenvalue weighted by Gasteiger charge is 2.59. The number of pyridine rings is 1. The van der Waals surface area contributed by atoms with E-state index in [1.807, 2.05) is 26.0 Å². The van der Waals surface area contributed by atoms with Crippen molar-refractivity contribution in [2.24, 2.45) is 17.6 Å². The smallest absolute Gasteiger partial charge is 0.261 e. The molecule has 0 bridgehead atoms. The first-order valence-electron chi connectivity index (χ1n) is 12.7. The minimum absolute atomic E-state index is 0.0545. The summed E-state index contributed by atoms with van der Waals surface area (Å²) in [5.74, 6) is 0.949. The molecule has 4 aromatic rings. The van der Waals surface area contributed by atoms with Gasteiger partial charge in [-0.2, -0.15) is 0 Å². The number of benzene rings is 1. The molecule has 2 fully saturated rings. The van der Waals surface area contributed by atoms with Crippen molar-refractivity contribution >= 4 is 5.91 Å². The van der Waals surface area contributed by atoms with Crippen molar-refractivity contribution in [2.45, 2.75) is 25.5 Å². The lowest BCUT2D eigenvalue weighted by Crippen LogP contribution is -2.33. The van der Waals surface area contributed by atoms with E-state index in [2.05, 4.69) is 15.1 Å². The van der Waals surface area contributed by atoms with Crippen LogP contribution in [0.2, 0.25) is 0 Å². The molecule has 1 aliphatic heterocycles. The van der Waals surface area contributed by atoms with Crippen LogP contribution in [0, 0.1) is 17.7 Å². The lowest BCUT2D eigenvalue weighted by atomic mass is 9.95. The van der Waals surface area contributed by atoms with Crippen LogP contribution < -0.4 is 15.2 Å². The fraction of sp³-hybridized carbons (Fsp3) is 0.321. The van der Waals surface area contributed by atoms with Crippen molar-refractivity contribution in [3.05, 3.63) is 78.0 Å². The number of hydrogen-bond donors (Lipinski definition) is 1. The average Bonchev–Trinajstić information content (AvgIpc) is 3.28. The van der Waals surface area contributed by atoms with Crippen molar-refractivity contribution in [3.63, 3.8) is 0 Å². The Labute approximate surface area is 224 Å². The number of nitrogens with zero attached hydrogens (tertiary/aromatic N) is 6. The second kappa shape index (κ2) is 9.42. The lowest BCUT2D eigenvalue weighted by Gasteiger charge is -2.22. The van der Waals surface area contributed by atoms with Crippen LogP contribution in [-0.2, 0) is 5.54 Å². The molecule has 1 aromatic carbocycles. The minimum atomic E-state index is -0.618. The zero-order chi connectivity index (χ0) is 27.3. The van der Waals surface area contributed by atoms with E-state index in [-0.39, 0.29) is 35.5 Å². The summed E-state index contributed by atoms with van der Waals surface area (Å²) in [6, 6.07) is 11.6. The van der Waals surface area contributed by atoms with E-state index in [0.717, 1.165) is 11.1 Å². The Bertz CT molecular complexity index is 1510. The Balaban J connectivity index is 1.17. The highest BCUT2D eigenvalue weighted by atomic mass is 19.1. The Morgan fingerprint density at radius 3 is 2.44 bits per heavy atom. The summed E-state index contributed by atoms with van der Waals surface area (Å²) in [5.41, 5.74) is 8.43. The zero-order valence-electron chi connectivity index (χ0n) is 21.8. The van der Waals surface area contributed by atoms with Crippen LogP contribution in [0.1, 0.15) is 29.8 Å². The Hall–Kier alpha value is -4.38. The highest BCUT2D eigenvalue weighted by molar-refractivity contribution is 5.96. The molecule has 10 nitrogen and oxygen atoms in total. The minimum Gasteiger partial charge on any atom is -0.479 e. The number of aromatic nitrogens is 5. The van der Waals surface area contributed by atoms with Crippen LogP contribution in [0.4, 0.5) is 4.39 Å². The van der Waals surface area contributed by atoms with Crippen molar-refractivity contribution in [3.8, 4) is 29.0 Å². The molecule has 2 N–H and O–H groups in total. The highest BCUT2D eigenvalue weighted by Crippen LogP contribution is 2.48. The van der Waals surface area contributed by atoms with Gasteiger partial charge in [0, 0.05) is 54.5 Å². The first kappa shape index (κ1) is 24.9. The van der Waals surface area contributed by atoms with Crippen molar-refractivity contribution in [1.82, 2.24) is 29.6 Å². The number of hydrogen-bond acceptors (Lipinski definition) is 8. The molecule has 2 aliphatic rings. The fourth-order valence-electron chi connectivity index (χ4n) is 5.00. The second-order valence-electron chi connectivity index (χ2n) is 10.5. The summed E-state index contributed by atoms with van der Waals surface area (Å²) in [6.07, 6.45) is 4.75. The molecule has 1 amide bonds. The number of halogens is 1. The molecular weight excluding hydrogens is 501 g/mol. The van der Waals surface area contributed by atoms with Gasteiger partial charge < -0.3 is 20.1 Å². The molecule has 4 heterocycles. The van der Waals surface area contributed by atoms with Gasteiger partial charge in [0.05, 0.1) is 19.0 Å². The van der Waals surface area contributed by atoms with Crippen LogP contribution in [0.15, 0.2) is 61.1 Å². The third-order valence-electron chi connectivity index (χ3n) is 7.21. The van der Waals surface area contributed by atoms with Gasteiger partial charge in [0.1, 0.15) is 17.5 Å². The van der Waals surface area contributed by atoms with Gasteiger partial charge in [-0.3, -0.25) is 4.79 Å². The molecule has 1 aliphatic carbocycles. The van der Waals surface area contributed by atoms with E-state index in [4.69, 9.17) is 20.2 Å². The molecule has 6 rings (SSSR count). The number of fused-ring (bicyclic) bond motifs is 1. The predicted molar refractivity (Wildman–Crippen MR) is 140 cm³/mol. The number of nitrogens with two attached hydrogens (primary N) is 1. The number of rotatable bonds is 7. The SMILES string of the molecule is COc1nn(-c2ncccn2)cc1C(=O)N1CC2C(C1)C2Oc1cc(C(C)(C)N)cc(-c2ccc(F)cc2)n1. The number of methoxy groups -OCH3 is 1. The third-order valence-corrected chi connectivity index (χ3v) is 7.21. The Kier molecular flexibility index (Phi) is 6.02. The number of piperidine rings is 1. The Morgan fingerprint density at radius 1 is 1.10 bits per heavy atom. The average molecular weight is 530 g/mol. The molecule has 2 atom stereocenters. The summed E-state index contributed by atoms with van der Waals surface area (Å²) < 4.78 is 26.6. The van der Waals surface area contributed by atoms with E-state index < -0.39 is 5.54 Å². The molecule has 0 spiro atoms. The molecule has 39 heavy (non-hydrogen) atoms.